The van der Waals surface area contributed by atoms with Gasteiger partial charge in [-0.2, -0.15) is 0 Å². The number of ether oxygens (including phenoxy) is 1. The molecule has 0 saturated heterocycles. The van der Waals surface area contributed by atoms with Crippen molar-refractivity contribution in [3.05, 3.63) is 0 Å². The molecule has 0 bridgehead atoms. The van der Waals surface area contributed by atoms with Gasteiger partial charge < -0.3 is 9.84 Å². The summed E-state index contributed by atoms with van der Waals surface area (Å²) in [7, 11) is 1.31. The van der Waals surface area contributed by atoms with E-state index >= 15 is 0 Å². The Kier molecular flexibility index (Phi) is 4.96. The molecule has 156 valence electrons. The zero-order chi connectivity index (χ0) is 20.3. The molecule has 28 heavy (non-hydrogen) atoms. The van der Waals surface area contributed by atoms with Gasteiger partial charge in [-0.3, -0.25) is 14.4 Å². The van der Waals surface area contributed by atoms with E-state index in [4.69, 9.17) is 4.74 Å². The van der Waals surface area contributed by atoms with Crippen molar-refractivity contribution in [3.63, 3.8) is 0 Å². The highest BCUT2D eigenvalue weighted by Gasteiger charge is 2.64. The van der Waals surface area contributed by atoms with Crippen LogP contribution >= 0.6 is 0 Å². The number of rotatable bonds is 3. The topological polar surface area (TPSA) is 80.7 Å². The SMILES string of the molecule is COC(=O)CC(=O)[C@H]1CC[C@H]2[C@@H]3CC[C@H]4C[C@H](O)CC[C@]4(C)[C@H]3C(=O)C[C@]12C. The van der Waals surface area contributed by atoms with E-state index in [0.29, 0.717) is 30.0 Å². The predicted octanol–water partition coefficient (Wildman–Crippen LogP) is 3.32. The molecular weight excluding hydrogens is 356 g/mol. The average molecular weight is 391 g/mol. The monoisotopic (exact) mass is 390 g/mol. The molecule has 0 aromatic heterocycles. The third-order valence-corrected chi connectivity index (χ3v) is 9.26. The summed E-state index contributed by atoms with van der Waals surface area (Å²) in [4.78, 5) is 38.0. The predicted molar refractivity (Wildman–Crippen MR) is 103 cm³/mol. The highest BCUT2D eigenvalue weighted by atomic mass is 16.5. The molecule has 0 spiro atoms. The van der Waals surface area contributed by atoms with Gasteiger partial charge in [0, 0.05) is 18.3 Å². The summed E-state index contributed by atoms with van der Waals surface area (Å²) < 4.78 is 4.69. The lowest BCUT2D eigenvalue weighted by molar-refractivity contribution is -0.162. The van der Waals surface area contributed by atoms with Crippen molar-refractivity contribution >= 4 is 17.5 Å². The van der Waals surface area contributed by atoms with E-state index in [9.17, 15) is 19.5 Å². The van der Waals surface area contributed by atoms with E-state index in [1.807, 2.05) is 0 Å². The maximum atomic E-state index is 13.5. The van der Waals surface area contributed by atoms with Gasteiger partial charge in [0.1, 0.15) is 18.0 Å². The van der Waals surface area contributed by atoms with Crippen LogP contribution < -0.4 is 0 Å². The number of aliphatic hydroxyl groups excluding tert-OH is 1. The number of hydrogen-bond acceptors (Lipinski definition) is 5. The quantitative estimate of drug-likeness (QED) is 0.591. The summed E-state index contributed by atoms with van der Waals surface area (Å²) in [5, 5.41) is 10.1. The minimum absolute atomic E-state index is 0.00529. The molecule has 0 unspecified atom stereocenters. The van der Waals surface area contributed by atoms with Crippen LogP contribution in [0.4, 0.5) is 0 Å². The summed E-state index contributed by atoms with van der Waals surface area (Å²) in [6, 6.07) is 0. The lowest BCUT2D eigenvalue weighted by atomic mass is 9.44. The van der Waals surface area contributed by atoms with Gasteiger partial charge in [-0.1, -0.05) is 13.8 Å². The fourth-order valence-corrected chi connectivity index (χ4v) is 7.92. The van der Waals surface area contributed by atoms with Crippen LogP contribution in [0.5, 0.6) is 0 Å². The fraction of sp³-hybridized carbons (Fsp3) is 0.870. The van der Waals surface area contributed by atoms with Crippen LogP contribution in [-0.2, 0) is 19.1 Å². The van der Waals surface area contributed by atoms with Gasteiger partial charge in [-0.05, 0) is 73.5 Å². The molecule has 8 atom stereocenters. The molecular formula is C23H34O5. The van der Waals surface area contributed by atoms with E-state index in [-0.39, 0.29) is 41.0 Å². The summed E-state index contributed by atoms with van der Waals surface area (Å²) in [6.07, 6.45) is 6.49. The Labute approximate surface area is 167 Å². The number of methoxy groups -OCH3 is 1. The van der Waals surface area contributed by atoms with Crippen molar-refractivity contribution in [1.82, 2.24) is 0 Å². The highest BCUT2D eigenvalue weighted by molar-refractivity contribution is 5.98. The third kappa shape index (κ3) is 2.88. The number of carbonyl (C=O) groups is 3. The second kappa shape index (κ2) is 6.93. The molecule has 1 N–H and O–H groups in total. The molecule has 5 heteroatoms. The second-order valence-electron chi connectivity index (χ2n) is 10.5. The standard InChI is InChI=1S/C23H34O5/c1-22-9-8-14(24)10-13(22)4-5-15-16-6-7-17(18(25)11-20(27)28-3)23(16,2)12-19(26)21(15)22/h13-17,21,24H,4-12H2,1-3H3/t13-,14+,15-,16-,17+,21+,22-,23-/m0/s1. The Morgan fingerprint density at radius 3 is 2.57 bits per heavy atom. The van der Waals surface area contributed by atoms with Crippen LogP contribution in [0.15, 0.2) is 0 Å². The minimum Gasteiger partial charge on any atom is -0.469 e. The van der Waals surface area contributed by atoms with E-state index in [0.717, 1.165) is 44.9 Å². The zero-order valence-corrected chi connectivity index (χ0v) is 17.4. The number of Topliss-reactive ketones (excluding diaryl/α,β-unsaturated/α-hetero) is 2. The summed E-state index contributed by atoms with van der Waals surface area (Å²) >= 11 is 0. The molecule has 4 rings (SSSR count). The van der Waals surface area contributed by atoms with Gasteiger partial charge in [0.25, 0.3) is 0 Å². The largest absolute Gasteiger partial charge is 0.469 e. The molecule has 5 nitrogen and oxygen atoms in total. The van der Waals surface area contributed by atoms with Crippen LogP contribution in [0.2, 0.25) is 0 Å². The Morgan fingerprint density at radius 1 is 1.11 bits per heavy atom. The smallest absolute Gasteiger partial charge is 0.313 e. The van der Waals surface area contributed by atoms with Crippen molar-refractivity contribution in [2.75, 3.05) is 7.11 Å². The lowest BCUT2D eigenvalue weighted by Crippen LogP contribution is -2.58. The Bertz CT molecular complexity index is 686. The van der Waals surface area contributed by atoms with Gasteiger partial charge in [0.2, 0.25) is 0 Å². The van der Waals surface area contributed by atoms with Crippen molar-refractivity contribution in [2.45, 2.75) is 77.7 Å². The average Bonchev–Trinajstić information content (AvgIpc) is 2.98. The number of hydrogen-bond donors (Lipinski definition) is 1. The minimum atomic E-state index is -0.481. The van der Waals surface area contributed by atoms with E-state index in [2.05, 4.69) is 13.8 Å². The summed E-state index contributed by atoms with van der Waals surface area (Å²) in [6.45, 7) is 4.41. The van der Waals surface area contributed by atoms with Crippen molar-refractivity contribution in [3.8, 4) is 0 Å². The van der Waals surface area contributed by atoms with Gasteiger partial charge in [0.05, 0.1) is 13.2 Å². The number of aliphatic hydroxyl groups is 1. The lowest BCUT2D eigenvalue weighted by Gasteiger charge is -2.59. The molecule has 4 fully saturated rings. The van der Waals surface area contributed by atoms with E-state index in [1.54, 1.807) is 0 Å². The zero-order valence-electron chi connectivity index (χ0n) is 17.4. The second-order valence-corrected chi connectivity index (χ2v) is 10.5. The van der Waals surface area contributed by atoms with Gasteiger partial charge in [0.15, 0.2) is 0 Å². The number of ketones is 2. The van der Waals surface area contributed by atoms with Gasteiger partial charge >= 0.3 is 5.97 Å². The van der Waals surface area contributed by atoms with Crippen molar-refractivity contribution < 1.29 is 24.2 Å². The number of carbonyl (C=O) groups excluding carboxylic acids is 3. The molecule has 0 aromatic carbocycles. The van der Waals surface area contributed by atoms with Crippen LogP contribution in [0.25, 0.3) is 0 Å². The summed E-state index contributed by atoms with van der Waals surface area (Å²) in [5.41, 5.74) is -0.324. The van der Waals surface area contributed by atoms with Gasteiger partial charge in [-0.25, -0.2) is 0 Å². The Balaban J connectivity index is 1.60. The Morgan fingerprint density at radius 2 is 1.86 bits per heavy atom. The molecule has 4 aliphatic rings. The first kappa shape index (κ1) is 20.1. The third-order valence-electron chi connectivity index (χ3n) is 9.26. The molecule has 0 aromatic rings. The first-order chi connectivity index (χ1) is 13.2. The molecule has 4 aliphatic carbocycles. The van der Waals surface area contributed by atoms with Gasteiger partial charge in [-0.15, -0.1) is 0 Å². The van der Waals surface area contributed by atoms with Crippen LogP contribution in [0, 0.1) is 40.4 Å². The first-order valence-corrected chi connectivity index (χ1v) is 11.0. The van der Waals surface area contributed by atoms with Crippen LogP contribution in [-0.4, -0.2) is 35.9 Å². The molecule has 0 amide bonds. The van der Waals surface area contributed by atoms with Crippen LogP contribution in [0.3, 0.4) is 0 Å². The molecule has 4 saturated carbocycles. The normalized spacial score (nSPS) is 47.6. The number of fused-ring (bicyclic) bond motifs is 5. The Hall–Kier alpha value is -1.23. The van der Waals surface area contributed by atoms with Crippen LogP contribution in [0.1, 0.15) is 71.6 Å². The van der Waals surface area contributed by atoms with E-state index < -0.39 is 5.97 Å². The maximum Gasteiger partial charge on any atom is 0.313 e. The fourth-order valence-electron chi connectivity index (χ4n) is 7.92. The maximum absolute atomic E-state index is 13.5. The number of esters is 1. The molecule has 0 radical (unpaired) electrons. The molecule has 0 aliphatic heterocycles. The van der Waals surface area contributed by atoms with Crippen molar-refractivity contribution in [1.29, 1.82) is 0 Å². The first-order valence-electron chi connectivity index (χ1n) is 11.0. The van der Waals surface area contributed by atoms with Crippen molar-refractivity contribution in [2.24, 2.45) is 40.4 Å². The molecule has 0 heterocycles. The summed E-state index contributed by atoms with van der Waals surface area (Å²) in [5.74, 6) is 0.820. The highest BCUT2D eigenvalue weighted by Crippen LogP contribution is 2.66. The van der Waals surface area contributed by atoms with E-state index in [1.165, 1.54) is 7.11 Å².